The molecule has 0 amide bonds. The summed E-state index contributed by atoms with van der Waals surface area (Å²) in [6.07, 6.45) is -3.22. The Hall–Kier alpha value is -2.81. The molecule has 0 bridgehead atoms. The number of halogens is 3. The van der Waals surface area contributed by atoms with Crippen molar-refractivity contribution in [3.05, 3.63) is 53.0 Å². The number of benzene rings is 1. The molecule has 1 saturated heterocycles. The van der Waals surface area contributed by atoms with Crippen LogP contribution in [0.1, 0.15) is 48.8 Å². The van der Waals surface area contributed by atoms with E-state index in [1.165, 1.54) is 0 Å². The Balaban J connectivity index is 1.53. The van der Waals surface area contributed by atoms with Gasteiger partial charge in [-0.2, -0.15) is 18.3 Å². The number of nitrogens with zero attached hydrogens (tertiary/aromatic N) is 4. The minimum atomic E-state index is -4.48. The lowest BCUT2D eigenvalue weighted by atomic mass is 10.1. The number of likely N-dealkylation sites (tertiary alicyclic amines) is 1. The van der Waals surface area contributed by atoms with Gasteiger partial charge in [0.2, 0.25) is 0 Å². The fourth-order valence-corrected chi connectivity index (χ4v) is 4.19. The molecule has 0 unspecified atom stereocenters. The average Bonchev–Trinajstić information content (AvgIpc) is 3.39. The Morgan fingerprint density at radius 3 is 2.62 bits per heavy atom. The topological polar surface area (TPSA) is 51.9 Å². The summed E-state index contributed by atoms with van der Waals surface area (Å²) in [5, 5.41) is 4.31. The highest BCUT2D eigenvalue weighted by atomic mass is 19.4. The molecule has 1 aliphatic heterocycles. The minimum Gasteiger partial charge on any atom is -0.493 e. The molecule has 2 aromatic heterocycles. The first-order chi connectivity index (χ1) is 15.3. The van der Waals surface area contributed by atoms with Crippen LogP contribution in [0.4, 0.5) is 13.2 Å². The number of rotatable bonds is 7. The van der Waals surface area contributed by atoms with Gasteiger partial charge in [0.05, 0.1) is 19.4 Å². The lowest BCUT2D eigenvalue weighted by Crippen LogP contribution is -2.20. The Kier molecular flexibility index (Phi) is 6.28. The molecule has 6 nitrogen and oxygen atoms in total. The molecule has 0 saturated carbocycles. The van der Waals surface area contributed by atoms with Gasteiger partial charge in [0.25, 0.3) is 0 Å². The number of methoxy groups -OCH3 is 1. The fourth-order valence-electron chi connectivity index (χ4n) is 4.19. The van der Waals surface area contributed by atoms with E-state index in [-0.39, 0.29) is 11.6 Å². The first-order valence-corrected chi connectivity index (χ1v) is 10.8. The zero-order chi connectivity index (χ0) is 22.9. The quantitative estimate of drug-likeness (QED) is 0.524. The normalized spacial score (nSPS) is 17.2. The Morgan fingerprint density at radius 2 is 1.94 bits per heavy atom. The third-order valence-electron chi connectivity index (χ3n) is 5.78. The maximum Gasteiger partial charge on any atom is 0.433 e. The Morgan fingerprint density at radius 1 is 1.12 bits per heavy atom. The highest BCUT2D eigenvalue weighted by Gasteiger charge is 2.36. The molecule has 1 fully saturated rings. The van der Waals surface area contributed by atoms with E-state index >= 15 is 0 Å². The van der Waals surface area contributed by atoms with Gasteiger partial charge in [-0.3, -0.25) is 4.90 Å². The van der Waals surface area contributed by atoms with Crippen molar-refractivity contribution in [2.45, 2.75) is 45.3 Å². The van der Waals surface area contributed by atoms with Gasteiger partial charge in [-0.1, -0.05) is 13.0 Å². The van der Waals surface area contributed by atoms with Gasteiger partial charge in [-0.15, -0.1) is 0 Å². The third kappa shape index (κ3) is 4.53. The minimum absolute atomic E-state index is 0.0625. The standard InChI is InChI=1S/C23H27F3N4O2/c1-4-17-11-21(23(24,25)26)30-22(27-17)12-18(28-30)16-8-9-29(14-16)13-15-6-7-19(31-3)20(10-15)32-5-2/h6-7,10-12,16H,4-5,8-9,13-14H2,1-3H3/t16-/m1/s1. The summed E-state index contributed by atoms with van der Waals surface area (Å²) in [5.41, 5.74) is 1.64. The predicted molar refractivity (Wildman–Crippen MR) is 114 cm³/mol. The van der Waals surface area contributed by atoms with E-state index in [0.29, 0.717) is 35.9 Å². The van der Waals surface area contributed by atoms with Gasteiger partial charge in [0, 0.05) is 30.8 Å². The first-order valence-electron chi connectivity index (χ1n) is 10.8. The Bertz CT molecular complexity index is 1100. The molecule has 0 spiro atoms. The van der Waals surface area contributed by atoms with Crippen LogP contribution in [0.25, 0.3) is 5.65 Å². The van der Waals surface area contributed by atoms with Crippen LogP contribution < -0.4 is 9.47 Å². The first kappa shape index (κ1) is 22.4. The third-order valence-corrected chi connectivity index (χ3v) is 5.78. The summed E-state index contributed by atoms with van der Waals surface area (Å²) in [5.74, 6) is 1.47. The number of ether oxygens (including phenoxy) is 2. The molecular weight excluding hydrogens is 421 g/mol. The molecule has 9 heteroatoms. The highest BCUT2D eigenvalue weighted by molar-refractivity contribution is 5.44. The van der Waals surface area contributed by atoms with E-state index < -0.39 is 11.9 Å². The maximum absolute atomic E-state index is 13.6. The second kappa shape index (κ2) is 8.97. The molecule has 0 N–H and O–H groups in total. The highest BCUT2D eigenvalue weighted by Crippen LogP contribution is 2.34. The zero-order valence-corrected chi connectivity index (χ0v) is 18.4. The molecule has 3 heterocycles. The van der Waals surface area contributed by atoms with Crippen molar-refractivity contribution in [3.63, 3.8) is 0 Å². The second-order valence-corrected chi connectivity index (χ2v) is 7.96. The lowest BCUT2D eigenvalue weighted by Gasteiger charge is -2.17. The zero-order valence-electron chi connectivity index (χ0n) is 18.4. The van der Waals surface area contributed by atoms with Crippen molar-refractivity contribution in [1.82, 2.24) is 19.5 Å². The van der Waals surface area contributed by atoms with E-state index in [4.69, 9.17) is 9.47 Å². The van der Waals surface area contributed by atoms with Gasteiger partial charge in [0.15, 0.2) is 17.1 Å². The van der Waals surface area contributed by atoms with Crippen LogP contribution in [0, 0.1) is 0 Å². The van der Waals surface area contributed by atoms with Crippen LogP contribution in [-0.2, 0) is 19.1 Å². The van der Waals surface area contributed by atoms with Crippen molar-refractivity contribution in [3.8, 4) is 11.5 Å². The van der Waals surface area contributed by atoms with Crippen LogP contribution in [-0.4, -0.2) is 46.3 Å². The average molecular weight is 448 g/mol. The molecule has 32 heavy (non-hydrogen) atoms. The largest absolute Gasteiger partial charge is 0.493 e. The van der Waals surface area contributed by atoms with Gasteiger partial charge in [0.1, 0.15) is 5.69 Å². The van der Waals surface area contributed by atoms with Gasteiger partial charge >= 0.3 is 6.18 Å². The van der Waals surface area contributed by atoms with Gasteiger partial charge < -0.3 is 9.47 Å². The van der Waals surface area contributed by atoms with Gasteiger partial charge in [-0.25, -0.2) is 9.50 Å². The number of hydrogen-bond acceptors (Lipinski definition) is 5. The van der Waals surface area contributed by atoms with E-state index in [0.717, 1.165) is 42.2 Å². The number of aryl methyl sites for hydroxylation is 1. The van der Waals surface area contributed by atoms with Gasteiger partial charge in [-0.05, 0) is 50.1 Å². The van der Waals surface area contributed by atoms with Crippen LogP contribution in [0.3, 0.4) is 0 Å². The van der Waals surface area contributed by atoms with Crippen LogP contribution >= 0.6 is 0 Å². The van der Waals surface area contributed by atoms with Crippen molar-refractivity contribution >= 4 is 5.65 Å². The summed E-state index contributed by atoms with van der Waals surface area (Å²) in [4.78, 5) is 6.63. The van der Waals surface area contributed by atoms with E-state index in [9.17, 15) is 13.2 Å². The van der Waals surface area contributed by atoms with E-state index in [1.54, 1.807) is 20.1 Å². The molecule has 0 aliphatic carbocycles. The molecule has 172 valence electrons. The predicted octanol–water partition coefficient (Wildman–Crippen LogP) is 4.71. The molecule has 1 aliphatic rings. The van der Waals surface area contributed by atoms with Crippen LogP contribution in [0.5, 0.6) is 11.5 Å². The monoisotopic (exact) mass is 448 g/mol. The van der Waals surface area contributed by atoms with Crippen molar-refractivity contribution in [2.24, 2.45) is 0 Å². The molecule has 1 atom stereocenters. The molecule has 3 aromatic rings. The smallest absolute Gasteiger partial charge is 0.433 e. The molecular formula is C23H27F3N4O2. The van der Waals surface area contributed by atoms with E-state index in [2.05, 4.69) is 15.0 Å². The van der Waals surface area contributed by atoms with Crippen molar-refractivity contribution in [2.75, 3.05) is 26.8 Å². The molecule has 1 aromatic carbocycles. The SMILES string of the molecule is CCOc1cc(CN2CC[C@@H](c3cc4nc(CC)cc(C(F)(F)F)n4n3)C2)ccc1OC. The summed E-state index contributed by atoms with van der Waals surface area (Å²) < 4.78 is 52.6. The summed E-state index contributed by atoms with van der Waals surface area (Å²) in [6, 6.07) is 8.66. The number of hydrogen-bond donors (Lipinski definition) is 0. The second-order valence-electron chi connectivity index (χ2n) is 7.96. The van der Waals surface area contributed by atoms with Crippen molar-refractivity contribution in [1.29, 1.82) is 0 Å². The number of fused-ring (bicyclic) bond motifs is 1. The number of aromatic nitrogens is 3. The lowest BCUT2D eigenvalue weighted by molar-refractivity contribution is -0.142. The summed E-state index contributed by atoms with van der Waals surface area (Å²) >= 11 is 0. The number of alkyl halides is 3. The summed E-state index contributed by atoms with van der Waals surface area (Å²) in [6.45, 7) is 6.55. The maximum atomic E-state index is 13.6. The Labute approximate surface area is 185 Å². The van der Waals surface area contributed by atoms with Crippen LogP contribution in [0.15, 0.2) is 30.3 Å². The van der Waals surface area contributed by atoms with Crippen LogP contribution in [0.2, 0.25) is 0 Å². The molecule has 0 radical (unpaired) electrons. The van der Waals surface area contributed by atoms with Crippen molar-refractivity contribution < 1.29 is 22.6 Å². The molecule has 4 rings (SSSR count). The summed E-state index contributed by atoms with van der Waals surface area (Å²) in [7, 11) is 1.61. The van der Waals surface area contributed by atoms with E-state index in [1.807, 2.05) is 25.1 Å². The fraction of sp³-hybridized carbons (Fsp3) is 0.478.